The van der Waals surface area contributed by atoms with E-state index in [2.05, 4.69) is 18.2 Å². The van der Waals surface area contributed by atoms with Crippen LogP contribution in [0.5, 0.6) is 0 Å². The number of amidine groups is 1. The Morgan fingerprint density at radius 3 is 2.76 bits per heavy atom. The molecule has 0 aromatic heterocycles. The van der Waals surface area contributed by atoms with Crippen LogP contribution in [0.3, 0.4) is 0 Å². The smallest absolute Gasteiger partial charge is 0.105 e. The molecule has 1 heterocycles. The third-order valence-corrected chi connectivity index (χ3v) is 5.55. The summed E-state index contributed by atoms with van der Waals surface area (Å²) < 4.78 is 5.62. The van der Waals surface area contributed by atoms with Gasteiger partial charge in [-0.05, 0) is 38.7 Å². The zero-order valence-corrected chi connectivity index (χ0v) is 15.8. The number of nitrogens with zero attached hydrogens (tertiary/aromatic N) is 2. The van der Waals surface area contributed by atoms with Crippen molar-refractivity contribution in [2.75, 3.05) is 7.11 Å². The second-order valence-corrected chi connectivity index (χ2v) is 7.54. The van der Waals surface area contributed by atoms with Gasteiger partial charge in [-0.2, -0.15) is 0 Å². The summed E-state index contributed by atoms with van der Waals surface area (Å²) in [5, 5.41) is 8.28. The molecule has 0 saturated carbocycles. The van der Waals surface area contributed by atoms with Gasteiger partial charge in [-0.1, -0.05) is 24.3 Å². The van der Waals surface area contributed by atoms with E-state index in [1.165, 1.54) is 0 Å². The van der Waals surface area contributed by atoms with Crippen LogP contribution in [0, 0.1) is 11.3 Å². The largest absolute Gasteiger partial charge is 0.381 e. The number of ether oxygens (including phenoxy) is 1. The zero-order valence-electron chi connectivity index (χ0n) is 15.1. The van der Waals surface area contributed by atoms with Crippen LogP contribution in [0.15, 0.2) is 40.6 Å². The molecule has 0 aromatic carbocycles. The number of allylic oxidation sites excluding steroid dienone is 5. The van der Waals surface area contributed by atoms with E-state index in [-0.39, 0.29) is 29.6 Å². The molecule has 25 heavy (non-hydrogen) atoms. The Bertz CT molecular complexity index is 666. The average molecular weight is 363 g/mol. The predicted octanol–water partition coefficient (Wildman–Crippen LogP) is 3.22. The summed E-state index contributed by atoms with van der Waals surface area (Å²) in [6, 6.07) is -0.106. The van der Waals surface area contributed by atoms with E-state index in [0.717, 1.165) is 36.2 Å². The minimum Gasteiger partial charge on any atom is -0.381 e. The van der Waals surface area contributed by atoms with Crippen molar-refractivity contribution in [3.8, 4) is 0 Å². The summed E-state index contributed by atoms with van der Waals surface area (Å²) in [5.41, 5.74) is 9.70. The lowest BCUT2D eigenvalue weighted by atomic mass is 9.82. The number of alkyl halides is 1. The van der Waals surface area contributed by atoms with Gasteiger partial charge in [0.05, 0.1) is 29.1 Å². The van der Waals surface area contributed by atoms with Crippen LogP contribution in [0.25, 0.3) is 0 Å². The van der Waals surface area contributed by atoms with Crippen molar-refractivity contribution in [2.24, 2.45) is 16.6 Å². The fourth-order valence-corrected chi connectivity index (χ4v) is 4.00. The van der Waals surface area contributed by atoms with Gasteiger partial charge >= 0.3 is 0 Å². The average Bonchev–Trinajstić information content (AvgIpc) is 2.70. The van der Waals surface area contributed by atoms with Crippen LogP contribution in [-0.2, 0) is 4.74 Å². The highest BCUT2D eigenvalue weighted by Gasteiger charge is 2.39. The summed E-state index contributed by atoms with van der Waals surface area (Å²) in [4.78, 5) is 6.93. The first-order valence-corrected chi connectivity index (χ1v) is 9.29. The molecule has 6 heteroatoms. The summed E-state index contributed by atoms with van der Waals surface area (Å²) in [6.45, 7) is 3.81. The van der Waals surface area contributed by atoms with Crippen LogP contribution in [0.2, 0.25) is 0 Å². The molecule has 0 aromatic rings. The van der Waals surface area contributed by atoms with Crippen molar-refractivity contribution in [1.29, 1.82) is 5.41 Å². The second kappa shape index (κ2) is 7.44. The van der Waals surface area contributed by atoms with Gasteiger partial charge in [0, 0.05) is 18.7 Å². The van der Waals surface area contributed by atoms with Crippen molar-refractivity contribution in [3.05, 3.63) is 35.6 Å². The molecule has 0 amide bonds. The number of nitrogens with one attached hydrogen (secondary N) is 1. The van der Waals surface area contributed by atoms with Gasteiger partial charge in [0.25, 0.3) is 0 Å². The van der Waals surface area contributed by atoms with E-state index in [4.69, 9.17) is 32.5 Å². The minimum absolute atomic E-state index is 0.0446. The molecule has 0 radical (unpaired) electrons. The van der Waals surface area contributed by atoms with Crippen molar-refractivity contribution in [2.45, 2.75) is 56.8 Å². The first kappa shape index (κ1) is 18.4. The number of hydrogen-bond acceptors (Lipinski definition) is 4. The van der Waals surface area contributed by atoms with Gasteiger partial charge in [0.2, 0.25) is 0 Å². The third-order valence-electron chi connectivity index (χ3n) is 5.23. The molecule has 0 bridgehead atoms. The molecule has 136 valence electrons. The standard InChI is InChI=1S/C19H27ClN4O/c1-11-19(22)24(12(2)21)17-9-8-15(25-3)10-16(17)18(23-11)13-4-6-14(20)7-5-13/h4-6,9,11,14-16,19,21H,7-8,10,22H2,1-3H3/t11-,14-,15?,16?,19-/m1/s1. The summed E-state index contributed by atoms with van der Waals surface area (Å²) >= 11 is 6.19. The molecule has 5 nitrogen and oxygen atoms in total. The maximum Gasteiger partial charge on any atom is 0.105 e. The molecule has 3 N–H and O–H groups in total. The van der Waals surface area contributed by atoms with Gasteiger partial charge < -0.3 is 15.4 Å². The van der Waals surface area contributed by atoms with E-state index in [9.17, 15) is 0 Å². The second-order valence-electron chi connectivity index (χ2n) is 6.98. The molecule has 0 fully saturated rings. The monoisotopic (exact) mass is 362 g/mol. The highest BCUT2D eigenvalue weighted by Crippen LogP contribution is 2.37. The van der Waals surface area contributed by atoms with E-state index < -0.39 is 0 Å². The molecule has 1 aliphatic heterocycles. The van der Waals surface area contributed by atoms with Gasteiger partial charge in [0.15, 0.2) is 0 Å². The van der Waals surface area contributed by atoms with Gasteiger partial charge in [-0.3, -0.25) is 10.4 Å². The maximum absolute atomic E-state index is 8.24. The van der Waals surface area contributed by atoms with Gasteiger partial charge in [0.1, 0.15) is 6.17 Å². The first-order valence-electron chi connectivity index (χ1n) is 8.85. The number of nitrogens with two attached hydrogens (primary N) is 1. The third kappa shape index (κ3) is 3.59. The lowest BCUT2D eigenvalue weighted by molar-refractivity contribution is 0.0842. The summed E-state index contributed by atoms with van der Waals surface area (Å²) in [6.07, 6.45) is 10.7. The molecule has 3 aliphatic rings. The van der Waals surface area contributed by atoms with Crippen LogP contribution >= 0.6 is 11.6 Å². The quantitative estimate of drug-likeness (QED) is 0.450. The lowest BCUT2D eigenvalue weighted by Crippen LogP contribution is -2.50. The Morgan fingerprint density at radius 1 is 1.40 bits per heavy atom. The summed E-state index contributed by atoms with van der Waals surface area (Å²) in [7, 11) is 1.75. The zero-order chi connectivity index (χ0) is 18.1. The Morgan fingerprint density at radius 2 is 2.16 bits per heavy atom. The number of fused-ring (bicyclic) bond motifs is 1. The van der Waals surface area contributed by atoms with Crippen LogP contribution in [0.1, 0.15) is 33.1 Å². The van der Waals surface area contributed by atoms with Crippen LogP contribution in [-0.4, -0.2) is 47.2 Å². The molecule has 2 unspecified atom stereocenters. The molecule has 3 rings (SSSR count). The Hall–Kier alpha value is -1.43. The molecule has 5 atom stereocenters. The molecule has 0 spiro atoms. The fourth-order valence-electron chi connectivity index (χ4n) is 3.84. The number of halogens is 1. The Kier molecular flexibility index (Phi) is 5.46. The van der Waals surface area contributed by atoms with E-state index in [1.54, 1.807) is 14.0 Å². The number of hydrogen-bond donors (Lipinski definition) is 2. The van der Waals surface area contributed by atoms with E-state index in [1.807, 2.05) is 17.9 Å². The first-order chi connectivity index (χ1) is 11.9. The highest BCUT2D eigenvalue weighted by molar-refractivity contribution is 6.22. The number of methoxy groups -OCH3 is 1. The van der Waals surface area contributed by atoms with Crippen LogP contribution in [0.4, 0.5) is 0 Å². The molecule has 0 saturated heterocycles. The van der Waals surface area contributed by atoms with Crippen molar-refractivity contribution >= 4 is 23.1 Å². The van der Waals surface area contributed by atoms with Crippen LogP contribution < -0.4 is 5.73 Å². The molecular formula is C19H27ClN4O. The summed E-state index contributed by atoms with van der Waals surface area (Å²) in [5.74, 6) is 0.537. The molecule has 2 aliphatic carbocycles. The van der Waals surface area contributed by atoms with Gasteiger partial charge in [-0.25, -0.2) is 0 Å². The number of aliphatic imine (C=N–C) groups is 1. The fraction of sp³-hybridized carbons (Fsp3) is 0.579. The van der Waals surface area contributed by atoms with Crippen molar-refractivity contribution in [3.63, 3.8) is 0 Å². The maximum atomic E-state index is 8.24. The van der Waals surface area contributed by atoms with Crippen molar-refractivity contribution < 1.29 is 4.74 Å². The van der Waals surface area contributed by atoms with Crippen molar-refractivity contribution in [1.82, 2.24) is 4.90 Å². The highest BCUT2D eigenvalue weighted by atomic mass is 35.5. The topological polar surface area (TPSA) is 74.7 Å². The SMILES string of the molecule is COC1CC=C2C(C1)C(C1=CC[C@H](Cl)C=C1)=N[C@H](C)[C@H](N)N2C(C)=N. The Balaban J connectivity index is 2.06. The predicted molar refractivity (Wildman–Crippen MR) is 103 cm³/mol. The normalized spacial score (nSPS) is 35.3. The lowest BCUT2D eigenvalue weighted by Gasteiger charge is -2.38. The molecular weight excluding hydrogens is 336 g/mol. The Labute approximate surface area is 154 Å². The van der Waals surface area contributed by atoms with E-state index in [0.29, 0.717) is 5.84 Å². The number of rotatable bonds is 2. The van der Waals surface area contributed by atoms with Gasteiger partial charge in [-0.15, -0.1) is 11.6 Å². The minimum atomic E-state index is -0.336. The van der Waals surface area contributed by atoms with E-state index >= 15 is 0 Å².